The average Bonchev–Trinajstić information content (AvgIpc) is 3.22. The second-order valence-corrected chi connectivity index (χ2v) is 6.46. The highest BCUT2D eigenvalue weighted by Gasteiger charge is 2.36. The van der Waals surface area contributed by atoms with E-state index in [1.807, 2.05) is 24.3 Å². The number of nitrogens with zero attached hydrogens (tertiary/aromatic N) is 2. The van der Waals surface area contributed by atoms with Gasteiger partial charge in [0.2, 0.25) is 0 Å². The minimum Gasteiger partial charge on any atom is -0.303 e. The fourth-order valence-corrected chi connectivity index (χ4v) is 3.53. The maximum atomic E-state index is 12.5. The lowest BCUT2D eigenvalue weighted by molar-refractivity contribution is 0.0926. The lowest BCUT2D eigenvalue weighted by Crippen LogP contribution is -2.29. The monoisotopic (exact) mass is 320 g/mol. The summed E-state index contributed by atoms with van der Waals surface area (Å²) in [7, 11) is 0. The molecule has 122 valence electrons. The lowest BCUT2D eigenvalue weighted by atomic mass is 10.1. The fraction of sp³-hybridized carbons (Fsp3) is 0.300. The molecule has 2 aliphatic rings. The number of carbonyl (C=O) groups excluding carboxylic acids is 2. The molecule has 2 aromatic rings. The van der Waals surface area contributed by atoms with Gasteiger partial charge in [0.15, 0.2) is 0 Å². The van der Waals surface area contributed by atoms with Crippen LogP contribution in [0.25, 0.3) is 0 Å². The van der Waals surface area contributed by atoms with Crippen molar-refractivity contribution in [3.8, 4) is 0 Å². The quantitative estimate of drug-likeness (QED) is 0.813. The van der Waals surface area contributed by atoms with E-state index in [2.05, 4.69) is 4.90 Å². The Morgan fingerprint density at radius 3 is 1.96 bits per heavy atom. The SMILES string of the molecule is O=C1c2ccccc2C(=O)N1c1ccc(CCN2CCCC2)cc1. The number of fused-ring (bicyclic) bond motifs is 1. The van der Waals surface area contributed by atoms with Crippen LogP contribution in [0.1, 0.15) is 39.1 Å². The highest BCUT2D eigenvalue weighted by atomic mass is 16.2. The summed E-state index contributed by atoms with van der Waals surface area (Å²) in [5.74, 6) is -0.471. The van der Waals surface area contributed by atoms with E-state index in [1.165, 1.54) is 36.4 Å². The summed E-state index contributed by atoms with van der Waals surface area (Å²) in [6.07, 6.45) is 3.61. The van der Waals surface area contributed by atoms with E-state index in [0.717, 1.165) is 13.0 Å². The summed E-state index contributed by atoms with van der Waals surface area (Å²) in [4.78, 5) is 28.7. The summed E-state index contributed by atoms with van der Waals surface area (Å²) < 4.78 is 0. The summed E-state index contributed by atoms with van der Waals surface area (Å²) in [5, 5.41) is 0. The number of hydrogen-bond acceptors (Lipinski definition) is 3. The van der Waals surface area contributed by atoms with E-state index in [0.29, 0.717) is 16.8 Å². The molecule has 1 fully saturated rings. The number of anilines is 1. The first kappa shape index (κ1) is 15.1. The van der Waals surface area contributed by atoms with Gasteiger partial charge in [-0.05, 0) is 62.2 Å². The maximum absolute atomic E-state index is 12.5. The summed E-state index contributed by atoms with van der Waals surface area (Å²) in [5.41, 5.74) is 2.86. The fourth-order valence-electron chi connectivity index (χ4n) is 3.53. The summed E-state index contributed by atoms with van der Waals surface area (Å²) in [6, 6.07) is 14.8. The molecule has 0 saturated carbocycles. The summed E-state index contributed by atoms with van der Waals surface area (Å²) >= 11 is 0. The van der Waals surface area contributed by atoms with Crippen LogP contribution in [0.5, 0.6) is 0 Å². The van der Waals surface area contributed by atoms with Crippen LogP contribution in [-0.2, 0) is 6.42 Å². The number of benzene rings is 2. The van der Waals surface area contributed by atoms with Gasteiger partial charge in [0.05, 0.1) is 16.8 Å². The standard InChI is InChI=1S/C20H20N2O2/c23-19-17-5-1-2-6-18(17)20(24)22(19)16-9-7-15(8-10-16)11-14-21-12-3-4-13-21/h1-2,5-10H,3-4,11-14H2. The first-order valence-corrected chi connectivity index (χ1v) is 8.53. The van der Waals surface area contributed by atoms with Gasteiger partial charge in [0.25, 0.3) is 11.8 Å². The Morgan fingerprint density at radius 2 is 1.38 bits per heavy atom. The van der Waals surface area contributed by atoms with Crippen LogP contribution < -0.4 is 4.90 Å². The Kier molecular flexibility index (Phi) is 3.90. The molecule has 2 heterocycles. The van der Waals surface area contributed by atoms with Gasteiger partial charge < -0.3 is 4.90 Å². The molecule has 4 heteroatoms. The molecular weight excluding hydrogens is 300 g/mol. The van der Waals surface area contributed by atoms with Gasteiger partial charge in [0.1, 0.15) is 0 Å². The number of amides is 2. The zero-order chi connectivity index (χ0) is 16.5. The molecule has 0 bridgehead atoms. The van der Waals surface area contributed by atoms with Crippen LogP contribution >= 0.6 is 0 Å². The molecule has 0 radical (unpaired) electrons. The third-order valence-electron chi connectivity index (χ3n) is 4.90. The van der Waals surface area contributed by atoms with Gasteiger partial charge in [0, 0.05) is 6.54 Å². The molecular formula is C20H20N2O2. The predicted molar refractivity (Wildman–Crippen MR) is 93.4 cm³/mol. The first-order valence-electron chi connectivity index (χ1n) is 8.53. The van der Waals surface area contributed by atoms with Crippen molar-refractivity contribution in [3.05, 3.63) is 65.2 Å². The Morgan fingerprint density at radius 1 is 0.792 bits per heavy atom. The smallest absolute Gasteiger partial charge is 0.266 e. The van der Waals surface area contributed by atoms with Crippen molar-refractivity contribution in [1.82, 2.24) is 4.90 Å². The molecule has 4 rings (SSSR count). The Balaban J connectivity index is 1.49. The molecule has 0 aliphatic carbocycles. The van der Waals surface area contributed by atoms with Crippen LogP contribution in [0, 0.1) is 0 Å². The van der Waals surface area contributed by atoms with Gasteiger partial charge in [-0.25, -0.2) is 4.90 Å². The number of imide groups is 1. The normalized spacial score (nSPS) is 17.6. The van der Waals surface area contributed by atoms with Gasteiger partial charge in [-0.15, -0.1) is 0 Å². The second kappa shape index (κ2) is 6.21. The second-order valence-electron chi connectivity index (χ2n) is 6.46. The molecule has 2 aromatic carbocycles. The minimum atomic E-state index is -0.236. The van der Waals surface area contributed by atoms with E-state index in [1.54, 1.807) is 24.3 Å². The van der Waals surface area contributed by atoms with Crippen LogP contribution in [0.15, 0.2) is 48.5 Å². The predicted octanol–water partition coefficient (Wildman–Crippen LogP) is 3.13. The van der Waals surface area contributed by atoms with Crippen LogP contribution in [0.2, 0.25) is 0 Å². The number of likely N-dealkylation sites (tertiary alicyclic amines) is 1. The molecule has 2 aliphatic heterocycles. The molecule has 1 saturated heterocycles. The lowest BCUT2D eigenvalue weighted by Gasteiger charge is -2.16. The average molecular weight is 320 g/mol. The van der Waals surface area contributed by atoms with Crippen molar-refractivity contribution in [2.75, 3.05) is 24.5 Å². The molecule has 24 heavy (non-hydrogen) atoms. The minimum absolute atomic E-state index is 0.236. The maximum Gasteiger partial charge on any atom is 0.266 e. The van der Waals surface area contributed by atoms with Crippen LogP contribution in [-0.4, -0.2) is 36.3 Å². The van der Waals surface area contributed by atoms with Gasteiger partial charge in [-0.1, -0.05) is 24.3 Å². The van der Waals surface area contributed by atoms with Crippen LogP contribution in [0.4, 0.5) is 5.69 Å². The van der Waals surface area contributed by atoms with Crippen molar-refractivity contribution in [2.24, 2.45) is 0 Å². The molecule has 0 spiro atoms. The third kappa shape index (κ3) is 2.63. The summed E-state index contributed by atoms with van der Waals surface area (Å²) in [6.45, 7) is 3.48. The van der Waals surface area contributed by atoms with Crippen molar-refractivity contribution in [2.45, 2.75) is 19.3 Å². The van der Waals surface area contributed by atoms with Crippen molar-refractivity contribution >= 4 is 17.5 Å². The number of rotatable bonds is 4. The van der Waals surface area contributed by atoms with E-state index >= 15 is 0 Å². The number of carbonyl (C=O) groups is 2. The van der Waals surface area contributed by atoms with Gasteiger partial charge >= 0.3 is 0 Å². The van der Waals surface area contributed by atoms with Crippen molar-refractivity contribution in [1.29, 1.82) is 0 Å². The molecule has 2 amide bonds. The van der Waals surface area contributed by atoms with E-state index in [-0.39, 0.29) is 11.8 Å². The number of hydrogen-bond donors (Lipinski definition) is 0. The third-order valence-corrected chi connectivity index (χ3v) is 4.90. The Hall–Kier alpha value is -2.46. The van der Waals surface area contributed by atoms with Gasteiger partial charge in [-0.2, -0.15) is 0 Å². The molecule has 0 N–H and O–H groups in total. The topological polar surface area (TPSA) is 40.6 Å². The van der Waals surface area contributed by atoms with E-state index in [9.17, 15) is 9.59 Å². The van der Waals surface area contributed by atoms with E-state index < -0.39 is 0 Å². The highest BCUT2D eigenvalue weighted by molar-refractivity contribution is 6.34. The molecule has 4 nitrogen and oxygen atoms in total. The van der Waals surface area contributed by atoms with Gasteiger partial charge in [-0.3, -0.25) is 9.59 Å². The largest absolute Gasteiger partial charge is 0.303 e. The van der Waals surface area contributed by atoms with Crippen molar-refractivity contribution in [3.63, 3.8) is 0 Å². The van der Waals surface area contributed by atoms with Crippen LogP contribution in [0.3, 0.4) is 0 Å². The molecule has 0 aromatic heterocycles. The zero-order valence-electron chi connectivity index (χ0n) is 13.6. The Bertz CT molecular complexity index is 741. The molecule has 0 atom stereocenters. The van der Waals surface area contributed by atoms with E-state index in [4.69, 9.17) is 0 Å². The highest BCUT2D eigenvalue weighted by Crippen LogP contribution is 2.28. The zero-order valence-corrected chi connectivity index (χ0v) is 13.6. The molecule has 0 unspecified atom stereocenters. The Labute approximate surface area is 141 Å². The first-order chi connectivity index (χ1) is 11.7. The van der Waals surface area contributed by atoms with Crippen molar-refractivity contribution < 1.29 is 9.59 Å².